The highest BCUT2D eigenvalue weighted by Crippen LogP contribution is 2.51. The molecule has 138 valence electrons. The van der Waals surface area contributed by atoms with Gasteiger partial charge in [0.1, 0.15) is 6.54 Å². The Morgan fingerprint density at radius 1 is 1.19 bits per heavy atom. The van der Waals surface area contributed by atoms with E-state index in [1.54, 1.807) is 23.5 Å². The first-order chi connectivity index (χ1) is 12.8. The molecule has 0 fully saturated rings. The van der Waals surface area contributed by atoms with Gasteiger partial charge >= 0.3 is 6.18 Å². The number of rotatable bonds is 5. The van der Waals surface area contributed by atoms with Crippen LogP contribution in [0.4, 0.5) is 13.2 Å². The van der Waals surface area contributed by atoms with Crippen molar-refractivity contribution in [3.8, 4) is 0 Å². The Morgan fingerprint density at radius 2 is 2.00 bits per heavy atom. The van der Waals surface area contributed by atoms with Crippen LogP contribution in [0.1, 0.15) is 18.2 Å². The monoisotopic (exact) mass is 373 g/mol. The van der Waals surface area contributed by atoms with Gasteiger partial charge < -0.3 is 10.6 Å². The highest BCUT2D eigenvalue weighted by molar-refractivity contribution is 6.05. The first-order valence-corrected chi connectivity index (χ1v) is 8.26. The minimum Gasteiger partial charge on any atom is -0.345 e. The van der Waals surface area contributed by atoms with Crippen LogP contribution in [0.2, 0.25) is 0 Å². The number of aromatic nitrogens is 1. The quantitative estimate of drug-likeness (QED) is 0.833. The van der Waals surface area contributed by atoms with E-state index in [0.717, 1.165) is 17.6 Å². The summed E-state index contributed by atoms with van der Waals surface area (Å²) in [5.41, 5.74) is 4.75. The van der Waals surface area contributed by atoms with E-state index in [1.165, 1.54) is 23.4 Å². The molecule has 0 aliphatic heterocycles. The Labute approximate surface area is 152 Å². The largest absolute Gasteiger partial charge is 0.405 e. The van der Waals surface area contributed by atoms with E-state index in [1.807, 2.05) is 12.2 Å². The van der Waals surface area contributed by atoms with E-state index in [4.69, 9.17) is 0 Å². The fraction of sp³-hybridized carbons (Fsp3) is 0.211. The molecule has 1 aromatic heterocycles. The first kappa shape index (κ1) is 17.3. The Balaban J connectivity index is 1.50. The molecule has 27 heavy (non-hydrogen) atoms. The number of alkyl halides is 3. The molecule has 0 aromatic carbocycles. The molecular formula is C19H14F3N3O2. The van der Waals surface area contributed by atoms with Crippen molar-refractivity contribution in [2.75, 3.05) is 6.54 Å². The van der Waals surface area contributed by atoms with E-state index in [9.17, 15) is 22.8 Å². The zero-order valence-corrected chi connectivity index (χ0v) is 13.9. The summed E-state index contributed by atoms with van der Waals surface area (Å²) < 4.78 is 37.3. The molecule has 0 saturated heterocycles. The number of halogens is 3. The molecule has 3 aliphatic rings. The van der Waals surface area contributed by atoms with E-state index >= 15 is 0 Å². The third-order valence-electron chi connectivity index (χ3n) is 4.50. The van der Waals surface area contributed by atoms with E-state index in [2.05, 4.69) is 10.3 Å². The summed E-state index contributed by atoms with van der Waals surface area (Å²) in [7, 11) is 0. The molecule has 4 rings (SSSR count). The smallest absolute Gasteiger partial charge is 0.345 e. The topological polar surface area (TPSA) is 71.1 Å². The fourth-order valence-corrected chi connectivity index (χ4v) is 3.15. The maximum atomic E-state index is 12.7. The van der Waals surface area contributed by atoms with Gasteiger partial charge in [-0.25, -0.2) is 0 Å². The van der Waals surface area contributed by atoms with Crippen LogP contribution in [-0.2, 0) is 9.59 Å². The Bertz CT molecular complexity index is 956. The van der Waals surface area contributed by atoms with Crippen LogP contribution in [0.5, 0.6) is 0 Å². The predicted octanol–water partition coefficient (Wildman–Crippen LogP) is 2.42. The number of amides is 2. The number of pyridine rings is 1. The van der Waals surface area contributed by atoms with Crippen LogP contribution >= 0.6 is 0 Å². The molecule has 1 atom stereocenters. The van der Waals surface area contributed by atoms with Gasteiger partial charge in [0.15, 0.2) is 6.04 Å². The molecule has 2 amide bonds. The minimum atomic E-state index is -4.55. The summed E-state index contributed by atoms with van der Waals surface area (Å²) in [5, 5.41) is 4.32. The van der Waals surface area contributed by atoms with Gasteiger partial charge in [-0.05, 0) is 53.0 Å². The fourth-order valence-electron chi connectivity index (χ4n) is 3.15. The summed E-state index contributed by atoms with van der Waals surface area (Å²) >= 11 is 0. The van der Waals surface area contributed by atoms with Crippen LogP contribution in [0.15, 0.2) is 70.5 Å². The standard InChI is InChI=1S/C19H14F3N3O2/c20-19(21,22)9-24-18(27)16(15-3-1-2-6-23-15)25-17(26)12-5-4-11-13-7-10(13)8-14(11)12/h1-6,8,16H,7,9H2,(H,24,27)(H,25,26). The van der Waals surface area contributed by atoms with Gasteiger partial charge in [-0.1, -0.05) is 12.1 Å². The molecule has 2 N–H and O–H groups in total. The predicted molar refractivity (Wildman–Crippen MR) is 90.1 cm³/mol. The zero-order chi connectivity index (χ0) is 19.2. The maximum Gasteiger partial charge on any atom is 0.405 e. The summed E-state index contributed by atoms with van der Waals surface area (Å²) in [6.07, 6.45) is 3.20. The van der Waals surface area contributed by atoms with Gasteiger partial charge in [0.25, 0.3) is 5.91 Å². The molecule has 3 aliphatic carbocycles. The van der Waals surface area contributed by atoms with Crippen LogP contribution in [-0.4, -0.2) is 29.5 Å². The number of allylic oxidation sites excluding steroid dienone is 6. The van der Waals surface area contributed by atoms with Crippen LogP contribution in [0.3, 0.4) is 0 Å². The van der Waals surface area contributed by atoms with Crippen molar-refractivity contribution in [1.82, 2.24) is 15.6 Å². The summed E-state index contributed by atoms with van der Waals surface area (Å²) in [5.74, 6) is -1.51. The normalized spacial score (nSPS) is 18.1. The SMILES string of the molecule is O=C(NC(C(=O)NCC(F)(F)F)c1ccccn1)C1=CC=C2C1=CC1=C2C1. The molecular weight excluding hydrogens is 359 g/mol. The zero-order valence-electron chi connectivity index (χ0n) is 13.9. The number of hydrogen-bond donors (Lipinski definition) is 2. The average molecular weight is 373 g/mol. The van der Waals surface area contributed by atoms with Crippen molar-refractivity contribution in [1.29, 1.82) is 0 Å². The first-order valence-electron chi connectivity index (χ1n) is 8.26. The van der Waals surface area contributed by atoms with E-state index in [0.29, 0.717) is 5.57 Å². The second-order valence-electron chi connectivity index (χ2n) is 6.39. The Morgan fingerprint density at radius 3 is 2.70 bits per heavy atom. The lowest BCUT2D eigenvalue weighted by atomic mass is 10.0. The lowest BCUT2D eigenvalue weighted by Crippen LogP contribution is -2.44. The van der Waals surface area contributed by atoms with Crippen molar-refractivity contribution in [2.45, 2.75) is 18.6 Å². The molecule has 1 heterocycles. The van der Waals surface area contributed by atoms with Gasteiger partial charge in [0.2, 0.25) is 5.91 Å². The summed E-state index contributed by atoms with van der Waals surface area (Å²) in [6, 6.07) is 3.34. The van der Waals surface area contributed by atoms with Gasteiger partial charge in [-0.15, -0.1) is 0 Å². The highest BCUT2D eigenvalue weighted by Gasteiger charge is 2.38. The number of nitrogens with one attached hydrogen (secondary N) is 2. The van der Waals surface area contributed by atoms with Crippen LogP contribution in [0, 0.1) is 0 Å². The van der Waals surface area contributed by atoms with Crippen molar-refractivity contribution in [2.24, 2.45) is 0 Å². The number of carbonyl (C=O) groups excluding carboxylic acids is 2. The molecule has 1 aromatic rings. The van der Waals surface area contributed by atoms with Gasteiger partial charge in [0.05, 0.1) is 5.69 Å². The van der Waals surface area contributed by atoms with Crippen molar-refractivity contribution in [3.05, 3.63) is 76.2 Å². The van der Waals surface area contributed by atoms with E-state index < -0.39 is 30.6 Å². The second kappa shape index (κ2) is 6.22. The summed E-state index contributed by atoms with van der Waals surface area (Å²) in [6.45, 7) is -1.48. The van der Waals surface area contributed by atoms with Crippen molar-refractivity contribution >= 4 is 11.8 Å². The van der Waals surface area contributed by atoms with Crippen LogP contribution < -0.4 is 10.6 Å². The maximum absolute atomic E-state index is 12.7. The number of nitrogens with zero attached hydrogens (tertiary/aromatic N) is 1. The van der Waals surface area contributed by atoms with Crippen LogP contribution in [0.25, 0.3) is 0 Å². The number of fused-ring (bicyclic) bond motifs is 2. The number of hydrogen-bond acceptors (Lipinski definition) is 3. The third kappa shape index (κ3) is 3.42. The average Bonchev–Trinajstić information content (AvgIpc) is 3.11. The molecule has 8 heteroatoms. The van der Waals surface area contributed by atoms with Gasteiger partial charge in [-0.3, -0.25) is 14.6 Å². The molecule has 0 spiro atoms. The minimum absolute atomic E-state index is 0.157. The number of carbonyl (C=O) groups is 2. The van der Waals surface area contributed by atoms with E-state index in [-0.39, 0.29) is 5.69 Å². The van der Waals surface area contributed by atoms with Crippen molar-refractivity contribution < 1.29 is 22.8 Å². The second-order valence-corrected chi connectivity index (χ2v) is 6.39. The Kier molecular flexibility index (Phi) is 3.98. The molecule has 5 nitrogen and oxygen atoms in total. The van der Waals surface area contributed by atoms with Gasteiger partial charge in [-0.2, -0.15) is 13.2 Å². The Hall–Kier alpha value is -3.16. The lowest BCUT2D eigenvalue weighted by molar-refractivity contribution is -0.140. The summed E-state index contributed by atoms with van der Waals surface area (Å²) in [4.78, 5) is 29.0. The molecule has 0 radical (unpaired) electrons. The third-order valence-corrected chi connectivity index (χ3v) is 4.50. The molecule has 0 saturated carbocycles. The molecule has 0 bridgehead atoms. The van der Waals surface area contributed by atoms with Crippen molar-refractivity contribution in [3.63, 3.8) is 0 Å². The lowest BCUT2D eigenvalue weighted by Gasteiger charge is -2.19. The molecule has 1 unspecified atom stereocenters. The highest BCUT2D eigenvalue weighted by atomic mass is 19.4. The van der Waals surface area contributed by atoms with Gasteiger partial charge in [0, 0.05) is 11.8 Å².